The van der Waals surface area contributed by atoms with Gasteiger partial charge in [0.1, 0.15) is 0 Å². The lowest BCUT2D eigenvalue weighted by atomic mass is 10.1. The van der Waals surface area contributed by atoms with E-state index in [1.165, 1.54) is 18.2 Å². The second-order valence-corrected chi connectivity index (χ2v) is 8.26. The molecule has 0 heterocycles. The number of carbonyl (C=O) groups excluding carboxylic acids is 1. The molecule has 0 aliphatic rings. The van der Waals surface area contributed by atoms with Crippen molar-refractivity contribution in [2.24, 2.45) is 0 Å². The van der Waals surface area contributed by atoms with Crippen LogP contribution in [0.15, 0.2) is 53.4 Å². The van der Waals surface area contributed by atoms with E-state index in [4.69, 9.17) is 11.6 Å². The number of likely N-dealkylation sites (N-methyl/N-ethyl adjacent to an activating group) is 1. The number of hydrogen-bond donors (Lipinski definition) is 1. The third-order valence-electron chi connectivity index (χ3n) is 4.11. The van der Waals surface area contributed by atoms with Gasteiger partial charge >= 0.3 is 5.76 Å². The Bertz CT molecular complexity index is 922. The summed E-state index contributed by atoms with van der Waals surface area (Å²) >= 11 is 6.17. The maximum Gasteiger partial charge on any atom is 0.341 e. The van der Waals surface area contributed by atoms with Crippen molar-refractivity contribution in [2.45, 2.75) is 23.6 Å². The molecule has 2 rings (SSSR count). The number of nitrogens with zero attached hydrogens (tertiary/aromatic N) is 1. The minimum Gasteiger partial charge on any atom is -0.324 e. The molecular weight excluding hydrogens is 398 g/mol. The van der Waals surface area contributed by atoms with E-state index in [0.717, 1.165) is 11.6 Å². The molecule has 2 aromatic carbocycles. The first-order chi connectivity index (χ1) is 12.6. The topological polar surface area (TPSA) is 66.5 Å². The Morgan fingerprint density at radius 2 is 1.74 bits per heavy atom. The fraction of sp³-hybridized carbons (Fsp3) is 0.278. The molecule has 0 aliphatic carbocycles. The highest BCUT2D eigenvalue weighted by Crippen LogP contribution is 2.27. The quantitative estimate of drug-likeness (QED) is 0.741. The van der Waals surface area contributed by atoms with E-state index in [1.807, 2.05) is 19.1 Å². The van der Waals surface area contributed by atoms with Gasteiger partial charge in [-0.1, -0.05) is 41.9 Å². The highest BCUT2D eigenvalue weighted by Gasteiger charge is 2.29. The fourth-order valence-electron chi connectivity index (χ4n) is 2.52. The number of rotatable bonds is 7. The van der Waals surface area contributed by atoms with E-state index in [9.17, 15) is 22.0 Å². The van der Waals surface area contributed by atoms with E-state index >= 15 is 0 Å². The van der Waals surface area contributed by atoms with Crippen molar-refractivity contribution in [1.82, 2.24) is 4.90 Å². The lowest BCUT2D eigenvalue weighted by molar-refractivity contribution is -0.117. The molecule has 0 spiro atoms. The van der Waals surface area contributed by atoms with Gasteiger partial charge in [0.2, 0.25) is 15.7 Å². The summed E-state index contributed by atoms with van der Waals surface area (Å²) in [7, 11) is -3.12. The average molecular weight is 417 g/mol. The maximum atomic E-state index is 12.8. The zero-order chi connectivity index (χ0) is 20.2. The van der Waals surface area contributed by atoms with Crippen molar-refractivity contribution >= 4 is 33.0 Å². The van der Waals surface area contributed by atoms with Gasteiger partial charge in [-0.05, 0) is 37.7 Å². The first-order valence-corrected chi connectivity index (χ1v) is 9.92. The Morgan fingerprint density at radius 3 is 2.37 bits per heavy atom. The Hall–Kier alpha value is -2.03. The van der Waals surface area contributed by atoms with Gasteiger partial charge in [0.05, 0.1) is 17.1 Å². The minimum absolute atomic E-state index is 0.0878. The Morgan fingerprint density at radius 1 is 1.15 bits per heavy atom. The second kappa shape index (κ2) is 8.77. The molecule has 1 amide bonds. The second-order valence-electron chi connectivity index (χ2n) is 5.96. The molecule has 9 heteroatoms. The SMILES string of the molecule is CC(c1ccccc1Cl)N(C)CC(=O)Nc1ccccc1S(=O)(=O)C(F)F. The number of amides is 1. The molecule has 0 aliphatic heterocycles. The molecule has 2 aromatic rings. The molecule has 5 nitrogen and oxygen atoms in total. The van der Waals surface area contributed by atoms with Crippen LogP contribution in [0.25, 0.3) is 0 Å². The lowest BCUT2D eigenvalue weighted by Gasteiger charge is -2.25. The number of carbonyl (C=O) groups is 1. The Balaban J connectivity index is 2.14. The largest absolute Gasteiger partial charge is 0.341 e. The van der Waals surface area contributed by atoms with Crippen LogP contribution in [0.5, 0.6) is 0 Å². The van der Waals surface area contributed by atoms with Crippen LogP contribution < -0.4 is 5.32 Å². The van der Waals surface area contributed by atoms with Crippen molar-refractivity contribution in [3.63, 3.8) is 0 Å². The van der Waals surface area contributed by atoms with E-state index in [0.29, 0.717) is 5.02 Å². The number of sulfone groups is 1. The average Bonchev–Trinajstić information content (AvgIpc) is 2.61. The molecular formula is C18H19ClF2N2O3S. The summed E-state index contributed by atoms with van der Waals surface area (Å²) in [5.74, 6) is -4.10. The molecule has 146 valence electrons. The third kappa shape index (κ3) is 5.03. The third-order valence-corrected chi connectivity index (χ3v) is 5.89. The highest BCUT2D eigenvalue weighted by molar-refractivity contribution is 7.91. The van der Waals surface area contributed by atoms with Gasteiger partial charge in [-0.3, -0.25) is 9.69 Å². The minimum atomic E-state index is -4.83. The van der Waals surface area contributed by atoms with Crippen LogP contribution in [0.3, 0.4) is 0 Å². The lowest BCUT2D eigenvalue weighted by Crippen LogP contribution is -2.32. The summed E-state index contributed by atoms with van der Waals surface area (Å²) in [5, 5.41) is 2.96. The summed E-state index contributed by atoms with van der Waals surface area (Å²) < 4.78 is 49.2. The maximum absolute atomic E-state index is 12.8. The predicted octanol–water partition coefficient (Wildman–Crippen LogP) is 3.97. The van der Waals surface area contributed by atoms with Crippen molar-refractivity contribution in [3.8, 4) is 0 Å². The fourth-order valence-corrected chi connectivity index (χ4v) is 3.70. The van der Waals surface area contributed by atoms with E-state index in [1.54, 1.807) is 24.1 Å². The number of benzene rings is 2. The number of hydrogen-bond acceptors (Lipinski definition) is 4. The number of anilines is 1. The van der Waals surface area contributed by atoms with Crippen LogP contribution >= 0.6 is 11.6 Å². The van der Waals surface area contributed by atoms with Gasteiger partial charge < -0.3 is 5.32 Å². The zero-order valence-corrected chi connectivity index (χ0v) is 16.3. The summed E-state index contributed by atoms with van der Waals surface area (Å²) in [6, 6.07) is 12.1. The molecule has 1 N–H and O–H groups in total. The monoisotopic (exact) mass is 416 g/mol. The molecule has 1 atom stereocenters. The molecule has 0 bridgehead atoms. The van der Waals surface area contributed by atoms with E-state index in [2.05, 4.69) is 5.32 Å². The Labute approximate surface area is 161 Å². The molecule has 0 aromatic heterocycles. The van der Waals surface area contributed by atoms with Crippen molar-refractivity contribution < 1.29 is 22.0 Å². The standard InChI is InChI=1S/C18H19ClF2N2O3S/c1-12(13-7-3-4-8-14(13)19)23(2)11-17(24)22-15-9-5-6-10-16(15)27(25,26)18(20)21/h3-10,12,18H,11H2,1-2H3,(H,22,24). The number of alkyl halides is 2. The van der Waals surface area contributed by atoms with E-state index < -0.39 is 26.4 Å². The first-order valence-electron chi connectivity index (χ1n) is 8.00. The van der Waals surface area contributed by atoms with Crippen LogP contribution in [0.4, 0.5) is 14.5 Å². The smallest absolute Gasteiger partial charge is 0.324 e. The van der Waals surface area contributed by atoms with Crippen LogP contribution in [0.1, 0.15) is 18.5 Å². The molecule has 1 unspecified atom stereocenters. The van der Waals surface area contributed by atoms with Crippen LogP contribution in [0.2, 0.25) is 5.02 Å². The molecule has 0 radical (unpaired) electrons. The van der Waals surface area contributed by atoms with E-state index in [-0.39, 0.29) is 18.3 Å². The zero-order valence-electron chi connectivity index (χ0n) is 14.7. The van der Waals surface area contributed by atoms with Gasteiger partial charge in [-0.2, -0.15) is 8.78 Å². The summed E-state index contributed by atoms with van der Waals surface area (Å²) in [4.78, 5) is 13.4. The van der Waals surface area contributed by atoms with Gasteiger partial charge in [0.25, 0.3) is 0 Å². The Kier molecular flexibility index (Phi) is 6.91. The van der Waals surface area contributed by atoms with Crippen LogP contribution in [-0.4, -0.2) is 38.6 Å². The summed E-state index contributed by atoms with van der Waals surface area (Å²) in [6.07, 6.45) is 0. The van der Waals surface area contributed by atoms with Gasteiger partial charge in [-0.15, -0.1) is 0 Å². The molecule has 0 saturated carbocycles. The van der Waals surface area contributed by atoms with Crippen molar-refractivity contribution in [1.29, 1.82) is 0 Å². The molecule has 0 saturated heterocycles. The number of halogens is 3. The number of para-hydroxylation sites is 1. The van der Waals surface area contributed by atoms with Crippen LogP contribution in [-0.2, 0) is 14.6 Å². The van der Waals surface area contributed by atoms with Gasteiger partial charge in [0.15, 0.2) is 0 Å². The van der Waals surface area contributed by atoms with Crippen LogP contribution in [0, 0.1) is 0 Å². The number of nitrogens with one attached hydrogen (secondary N) is 1. The predicted molar refractivity (Wildman–Crippen MR) is 101 cm³/mol. The van der Waals surface area contributed by atoms with Crippen molar-refractivity contribution in [2.75, 3.05) is 18.9 Å². The summed E-state index contributed by atoms with van der Waals surface area (Å²) in [5.41, 5.74) is 0.650. The van der Waals surface area contributed by atoms with Gasteiger partial charge in [0, 0.05) is 11.1 Å². The molecule has 0 fully saturated rings. The van der Waals surface area contributed by atoms with Crippen molar-refractivity contribution in [3.05, 3.63) is 59.1 Å². The van der Waals surface area contributed by atoms with Gasteiger partial charge in [-0.25, -0.2) is 8.42 Å². The first kappa shape index (κ1) is 21.3. The summed E-state index contributed by atoms with van der Waals surface area (Å²) in [6.45, 7) is 1.78. The molecule has 27 heavy (non-hydrogen) atoms. The normalized spacial score (nSPS) is 13.0. The highest BCUT2D eigenvalue weighted by atomic mass is 35.5.